The molecule has 0 saturated heterocycles. The molecule has 5 rings (SSSR count). The fourth-order valence-corrected chi connectivity index (χ4v) is 5.39. The van der Waals surface area contributed by atoms with Crippen LogP contribution < -0.4 is 11.2 Å². The highest BCUT2D eigenvalue weighted by atomic mass is 35.5. The maximum absolute atomic E-state index is 13.4. The van der Waals surface area contributed by atoms with Gasteiger partial charge in [0.15, 0.2) is 6.10 Å². The fraction of sp³-hybridized carbons (Fsp3) is 0.273. The van der Waals surface area contributed by atoms with Crippen LogP contribution in [0, 0.1) is 11.3 Å². The molecule has 0 unspecified atom stereocenters. The summed E-state index contributed by atoms with van der Waals surface area (Å²) >= 11 is 7.37. The number of aryl methyl sites for hydroxylation is 1. The average Bonchev–Trinajstić information content (AvgIpc) is 3.42. The Bertz CT molecular complexity index is 1570. The van der Waals surface area contributed by atoms with E-state index in [0.717, 1.165) is 4.57 Å². The molecule has 0 saturated carbocycles. The van der Waals surface area contributed by atoms with Gasteiger partial charge in [0, 0.05) is 25.0 Å². The van der Waals surface area contributed by atoms with Crippen LogP contribution in [-0.2, 0) is 25.4 Å². The first-order valence-corrected chi connectivity index (χ1v) is 11.3. The number of hydrogen-bond donors (Lipinski definition) is 1. The minimum absolute atomic E-state index is 0.250. The molecule has 4 aromatic rings. The summed E-state index contributed by atoms with van der Waals surface area (Å²) in [5.74, 6) is 0. The zero-order chi connectivity index (χ0) is 23.4. The largest absolute Gasteiger partial charge is 0.394 e. The number of benzene rings is 1. The van der Waals surface area contributed by atoms with Crippen molar-refractivity contribution in [2.45, 2.75) is 18.8 Å². The van der Waals surface area contributed by atoms with Crippen LogP contribution in [0.15, 0.2) is 39.2 Å². The number of rotatable bonds is 3. The third-order valence-electron chi connectivity index (χ3n) is 5.85. The van der Waals surface area contributed by atoms with Gasteiger partial charge in [0.05, 0.1) is 53.2 Å². The normalized spacial score (nSPS) is 17.8. The average molecular weight is 484 g/mol. The Morgan fingerprint density at radius 3 is 2.79 bits per heavy atom. The number of aromatic nitrogens is 4. The molecule has 1 aromatic carbocycles. The van der Waals surface area contributed by atoms with Gasteiger partial charge in [-0.05, 0) is 12.1 Å². The monoisotopic (exact) mass is 483 g/mol. The Hall–Kier alpha value is -3.23. The summed E-state index contributed by atoms with van der Waals surface area (Å²) in [6, 6.07) is 9.06. The quantitative estimate of drug-likeness (QED) is 0.477. The number of ether oxygens (including phenoxy) is 1. The maximum atomic E-state index is 13.4. The molecule has 3 aromatic heterocycles. The number of thiazole rings is 1. The fourth-order valence-electron chi connectivity index (χ4n) is 4.40. The summed E-state index contributed by atoms with van der Waals surface area (Å²) in [5, 5.41) is 22.2. The van der Waals surface area contributed by atoms with E-state index in [1.165, 1.54) is 23.0 Å². The number of fused-ring (bicyclic) bond motifs is 3. The second kappa shape index (κ2) is 7.97. The van der Waals surface area contributed by atoms with Gasteiger partial charge >= 0.3 is 5.69 Å². The lowest BCUT2D eigenvalue weighted by atomic mass is 10.1. The number of aliphatic hydroxyl groups excluding tert-OH is 1. The van der Waals surface area contributed by atoms with Gasteiger partial charge in [-0.2, -0.15) is 5.26 Å². The van der Waals surface area contributed by atoms with Crippen LogP contribution in [0.4, 0.5) is 0 Å². The minimum atomic E-state index is -0.749. The van der Waals surface area contributed by atoms with Gasteiger partial charge in [-0.1, -0.05) is 23.7 Å². The van der Waals surface area contributed by atoms with Crippen LogP contribution in [0.2, 0.25) is 5.15 Å². The topological polar surface area (TPSA) is 115 Å². The van der Waals surface area contributed by atoms with E-state index >= 15 is 0 Å². The number of nitrogens with zero attached hydrogens (tertiary/aromatic N) is 5. The lowest BCUT2D eigenvalue weighted by molar-refractivity contribution is -0.0517. The summed E-state index contributed by atoms with van der Waals surface area (Å²) < 4.78 is 10.5. The number of nitriles is 1. The van der Waals surface area contributed by atoms with E-state index in [1.807, 2.05) is 10.6 Å². The van der Waals surface area contributed by atoms with Crippen LogP contribution in [-0.4, -0.2) is 36.5 Å². The van der Waals surface area contributed by atoms with Crippen LogP contribution >= 0.6 is 22.9 Å². The van der Waals surface area contributed by atoms with Crippen molar-refractivity contribution in [3.63, 3.8) is 0 Å². The molecule has 33 heavy (non-hydrogen) atoms. The van der Waals surface area contributed by atoms with E-state index in [1.54, 1.807) is 30.6 Å². The number of hydrogen-bond acceptors (Lipinski definition) is 7. The molecule has 4 heterocycles. The van der Waals surface area contributed by atoms with E-state index in [9.17, 15) is 20.0 Å². The third-order valence-corrected chi connectivity index (χ3v) is 7.07. The summed E-state index contributed by atoms with van der Waals surface area (Å²) in [5.41, 5.74) is 1.72. The van der Waals surface area contributed by atoms with Crippen LogP contribution in [0.3, 0.4) is 0 Å². The van der Waals surface area contributed by atoms with Crippen LogP contribution in [0.1, 0.15) is 22.4 Å². The zero-order valence-electron chi connectivity index (χ0n) is 17.6. The molecule has 0 amide bonds. The van der Waals surface area contributed by atoms with E-state index in [4.69, 9.17) is 16.3 Å². The van der Waals surface area contributed by atoms with Crippen molar-refractivity contribution in [1.29, 1.82) is 5.26 Å². The predicted octanol–water partition coefficient (Wildman–Crippen LogP) is 2.17. The molecule has 0 spiro atoms. The highest BCUT2D eigenvalue weighted by molar-refractivity contribution is 7.10. The van der Waals surface area contributed by atoms with Gasteiger partial charge in [-0.3, -0.25) is 13.9 Å². The van der Waals surface area contributed by atoms with Gasteiger partial charge < -0.3 is 14.4 Å². The number of aliphatic hydroxyl groups is 1. The second-order valence-electron chi connectivity index (χ2n) is 7.80. The maximum Gasteiger partial charge on any atom is 0.331 e. The molecule has 0 radical (unpaired) electrons. The van der Waals surface area contributed by atoms with Crippen molar-refractivity contribution in [3.8, 4) is 17.3 Å². The molecule has 1 aliphatic heterocycles. The highest BCUT2D eigenvalue weighted by Gasteiger charge is 2.37. The smallest absolute Gasteiger partial charge is 0.331 e. The van der Waals surface area contributed by atoms with Crippen LogP contribution in [0.25, 0.3) is 22.2 Å². The van der Waals surface area contributed by atoms with Crippen molar-refractivity contribution in [3.05, 3.63) is 71.9 Å². The Balaban J connectivity index is 1.97. The van der Waals surface area contributed by atoms with Gasteiger partial charge in [0.1, 0.15) is 10.2 Å². The molecule has 2 atom stereocenters. The third kappa shape index (κ3) is 3.24. The lowest BCUT2D eigenvalue weighted by Gasteiger charge is -2.31. The molecule has 9 nitrogen and oxygen atoms in total. The standard InChI is InChI=1S/C22H18ClN5O4S/c1-26-17-15(21(30)27(2)22(26)31)16(12-5-3-4-11(6-12)7-24)28-8-13(9-29)32-19(18(17)28)20-25-14(23)10-33-20/h3-6,10,13,19,29H,8-9H2,1-2H3/t13-,19+/m0/s1. The summed E-state index contributed by atoms with van der Waals surface area (Å²) in [7, 11) is 3.03. The second-order valence-corrected chi connectivity index (χ2v) is 9.07. The molecule has 168 valence electrons. The first-order valence-electron chi connectivity index (χ1n) is 10.1. The van der Waals surface area contributed by atoms with Crippen molar-refractivity contribution in [2.24, 2.45) is 14.1 Å². The summed E-state index contributed by atoms with van der Waals surface area (Å²) in [4.78, 5) is 30.6. The predicted molar refractivity (Wildman–Crippen MR) is 123 cm³/mol. The summed E-state index contributed by atoms with van der Waals surface area (Å²) in [6.45, 7) is -0.00221. The van der Waals surface area contributed by atoms with Crippen LogP contribution in [0.5, 0.6) is 0 Å². The van der Waals surface area contributed by atoms with Gasteiger partial charge in [0.25, 0.3) is 5.56 Å². The van der Waals surface area contributed by atoms with E-state index < -0.39 is 23.5 Å². The van der Waals surface area contributed by atoms with Crippen molar-refractivity contribution in [2.75, 3.05) is 6.61 Å². The van der Waals surface area contributed by atoms with E-state index in [0.29, 0.717) is 43.6 Å². The molecule has 1 N–H and O–H groups in total. The number of halogens is 1. The molecular formula is C22H18ClN5O4S. The molecule has 0 bridgehead atoms. The lowest BCUT2D eigenvalue weighted by Crippen LogP contribution is -2.37. The van der Waals surface area contributed by atoms with Crippen molar-refractivity contribution >= 4 is 33.8 Å². The Kier molecular flexibility index (Phi) is 5.22. The Morgan fingerprint density at radius 2 is 2.12 bits per heavy atom. The minimum Gasteiger partial charge on any atom is -0.394 e. The highest BCUT2D eigenvalue weighted by Crippen LogP contribution is 2.43. The SMILES string of the molecule is Cn1c(=O)c2c(-c3cccc(C#N)c3)n3c(c2n(C)c1=O)[C@H](c1nc(Cl)cs1)O[C@H](CO)C3. The van der Waals surface area contributed by atoms with Gasteiger partial charge in [0.2, 0.25) is 0 Å². The van der Waals surface area contributed by atoms with E-state index in [2.05, 4.69) is 11.1 Å². The van der Waals surface area contributed by atoms with Gasteiger partial charge in [-0.15, -0.1) is 11.3 Å². The zero-order valence-corrected chi connectivity index (χ0v) is 19.2. The first-order chi connectivity index (χ1) is 15.8. The Morgan fingerprint density at radius 1 is 1.33 bits per heavy atom. The first kappa shape index (κ1) is 21.6. The van der Waals surface area contributed by atoms with E-state index in [-0.39, 0.29) is 13.2 Å². The molecule has 1 aliphatic rings. The Labute approximate surface area is 196 Å². The van der Waals surface area contributed by atoms with Gasteiger partial charge in [-0.25, -0.2) is 9.78 Å². The van der Waals surface area contributed by atoms with Crippen molar-refractivity contribution in [1.82, 2.24) is 18.7 Å². The molecule has 0 fully saturated rings. The molecular weight excluding hydrogens is 466 g/mol. The molecule has 11 heteroatoms. The molecule has 0 aliphatic carbocycles. The van der Waals surface area contributed by atoms with Crippen molar-refractivity contribution < 1.29 is 9.84 Å². The summed E-state index contributed by atoms with van der Waals surface area (Å²) in [6.07, 6.45) is -1.33.